The highest BCUT2D eigenvalue weighted by Gasteiger charge is 2.20. The molecule has 0 heterocycles. The zero-order chi connectivity index (χ0) is 12.6. The van der Waals surface area contributed by atoms with Crippen LogP contribution >= 0.6 is 25.9 Å². The van der Waals surface area contributed by atoms with Gasteiger partial charge in [0.2, 0.25) is 0 Å². The second-order valence-corrected chi connectivity index (χ2v) is 5.76. The van der Waals surface area contributed by atoms with Crippen LogP contribution in [0.1, 0.15) is 6.42 Å². The second-order valence-electron chi connectivity index (χ2n) is 3.45. The molecule has 19 heavy (non-hydrogen) atoms. The van der Waals surface area contributed by atoms with Gasteiger partial charge >= 0.3 is 5.97 Å². The zero-order valence-electron chi connectivity index (χ0n) is 10.4. The van der Waals surface area contributed by atoms with Gasteiger partial charge in [-0.2, -0.15) is 13.5 Å². The van der Waals surface area contributed by atoms with Crippen LogP contribution in [-0.2, 0) is 15.7 Å². The minimum Gasteiger partial charge on any atom is -1.00 e. The monoisotopic (exact) mass is 354 g/mol. The number of azide groups is 1. The number of nitrogens with two attached hydrogens (primary N) is 1. The van der Waals surface area contributed by atoms with Crippen LogP contribution in [0.3, 0.4) is 0 Å². The molecule has 0 fully saturated rings. The van der Waals surface area contributed by atoms with Crippen LogP contribution in [0.25, 0.3) is 10.4 Å². The number of nitrogens with zero attached hydrogens (tertiary/aromatic N) is 3. The van der Waals surface area contributed by atoms with Gasteiger partial charge in [0.15, 0.2) is 0 Å². The molecule has 0 aromatic carbocycles. The summed E-state index contributed by atoms with van der Waals surface area (Å²) in [7, 11) is -0.117. The second kappa shape index (κ2) is 16.0. The molecule has 0 aliphatic heterocycles. The summed E-state index contributed by atoms with van der Waals surface area (Å²) in [5.41, 5.74) is 13.4. The average molecular weight is 355 g/mol. The molecule has 0 radical (unpaired) electrons. The number of hydrogen-bond acceptors (Lipinski definition) is 4. The van der Waals surface area contributed by atoms with Gasteiger partial charge in [-0.15, -0.1) is 12.4 Å². The molecule has 0 saturated heterocycles. The van der Waals surface area contributed by atoms with Crippen LogP contribution in [0, 0.1) is 0 Å². The van der Waals surface area contributed by atoms with Gasteiger partial charge in [0.05, 0.1) is 12.8 Å². The number of rotatable bonds is 8. The predicted molar refractivity (Wildman–Crippen MR) is 80.9 cm³/mol. The molecule has 0 aliphatic carbocycles. The van der Waals surface area contributed by atoms with Crippen molar-refractivity contribution in [2.75, 3.05) is 24.3 Å². The third kappa shape index (κ3) is 15.9. The molecule has 0 rings (SSSR count). The van der Waals surface area contributed by atoms with Gasteiger partial charge in [0.25, 0.3) is 0 Å². The zero-order valence-corrected chi connectivity index (χ0v) is 13.8. The highest BCUT2D eigenvalue weighted by atomic mass is 35.5. The minimum absolute atomic E-state index is 0. The molecular weight excluding hydrogens is 335 g/mol. The van der Waals surface area contributed by atoms with Gasteiger partial charge in [0, 0.05) is 11.3 Å². The third-order valence-corrected chi connectivity index (χ3v) is 3.81. The van der Waals surface area contributed by atoms with Crippen molar-refractivity contribution in [1.29, 1.82) is 0 Å². The molecule has 0 saturated carbocycles. The lowest BCUT2D eigenvalue weighted by Crippen LogP contribution is -3.00. The first-order chi connectivity index (χ1) is 7.47. The van der Waals surface area contributed by atoms with Crippen molar-refractivity contribution in [3.8, 4) is 0 Å². The summed E-state index contributed by atoms with van der Waals surface area (Å²) in [5.74, 6) is 0.151. The fourth-order valence-electron chi connectivity index (χ4n) is 1.05. The third-order valence-electron chi connectivity index (χ3n) is 1.93. The lowest BCUT2D eigenvalue weighted by Gasteiger charge is -2.09. The molecule has 0 amide bonds. The highest BCUT2D eigenvalue weighted by molar-refractivity contribution is 7.96. The first-order valence-electron chi connectivity index (χ1n) is 4.73. The van der Waals surface area contributed by atoms with Crippen molar-refractivity contribution < 1.29 is 27.4 Å². The summed E-state index contributed by atoms with van der Waals surface area (Å²) in [6, 6.07) is -0.843. The Morgan fingerprint density at radius 2 is 2.11 bits per heavy atom. The maximum Gasteiger partial charge on any atom is 0.320 e. The van der Waals surface area contributed by atoms with E-state index in [2.05, 4.69) is 10.0 Å². The number of carboxylic acid groups (broad SMARTS) is 1. The topological polar surface area (TPSA) is 132 Å². The van der Waals surface area contributed by atoms with E-state index < -0.39 is 18.1 Å². The fraction of sp³-hybridized carbons (Fsp3) is 0.875. The Hall–Kier alpha value is -0.0200. The predicted octanol–water partition coefficient (Wildman–Crippen LogP) is -2.75. The van der Waals surface area contributed by atoms with Gasteiger partial charge in [-0.3, -0.25) is 4.79 Å². The highest BCUT2D eigenvalue weighted by Crippen LogP contribution is 2.01. The number of hydrogen-bond donors (Lipinski definition) is 3. The largest absolute Gasteiger partial charge is 1.00 e. The standard InChI is InChI=1S/C8H16N4O3S.2ClH.H2S/c1-16(3-2-7(9)8(14)15)5-6(13)4-11-12-10;;;/h6-7,13H,2-5,9H2,1H3;2*1H;1H2/t6?,7-,16?;;;/m0.../s1. The number of aliphatic hydroxyl groups excluding tert-OH is 1. The SMILES string of the molecule is C[S+](CC[C@H](N)C(=O)O)CC(O)CN=[N+]=[N-].Cl.S.[Cl-]. The Labute approximate surface area is 134 Å². The van der Waals surface area contributed by atoms with Crippen molar-refractivity contribution in [3.05, 3.63) is 10.4 Å². The molecule has 4 N–H and O–H groups in total. The Bertz CT molecular complexity index is 283. The van der Waals surface area contributed by atoms with Gasteiger partial charge in [-0.05, 0) is 16.4 Å². The Morgan fingerprint density at radius 3 is 2.53 bits per heavy atom. The van der Waals surface area contributed by atoms with Gasteiger partial charge < -0.3 is 28.4 Å². The van der Waals surface area contributed by atoms with Crippen molar-refractivity contribution in [3.63, 3.8) is 0 Å². The molecule has 2 unspecified atom stereocenters. The summed E-state index contributed by atoms with van der Waals surface area (Å²) in [6.45, 7) is 0.0544. The molecule has 3 atom stereocenters. The summed E-state index contributed by atoms with van der Waals surface area (Å²) in [5, 5.41) is 21.3. The Balaban J connectivity index is -0.000000375. The van der Waals surface area contributed by atoms with Crippen molar-refractivity contribution >= 4 is 42.8 Å². The van der Waals surface area contributed by atoms with E-state index in [1.54, 1.807) is 0 Å². The van der Waals surface area contributed by atoms with Crippen molar-refractivity contribution in [2.24, 2.45) is 10.8 Å². The lowest BCUT2D eigenvalue weighted by molar-refractivity contribution is -0.138. The normalized spacial score (nSPS) is 13.4. The van der Waals surface area contributed by atoms with Crippen LogP contribution in [0.4, 0.5) is 0 Å². The van der Waals surface area contributed by atoms with E-state index in [4.69, 9.17) is 16.4 Å². The summed E-state index contributed by atoms with van der Waals surface area (Å²) in [6.07, 6.45) is 1.65. The molecule has 7 nitrogen and oxygen atoms in total. The maximum absolute atomic E-state index is 10.4. The molecule has 116 valence electrons. The number of aliphatic hydroxyl groups is 1. The Kier molecular flexibility index (Phi) is 23.1. The van der Waals surface area contributed by atoms with Crippen LogP contribution in [0.5, 0.6) is 0 Å². The van der Waals surface area contributed by atoms with E-state index >= 15 is 0 Å². The average Bonchev–Trinajstić information content (AvgIpc) is 2.22. The molecule has 0 aromatic heterocycles. The number of carboxylic acids is 1. The molecule has 0 spiro atoms. The lowest BCUT2D eigenvalue weighted by atomic mass is 10.2. The van der Waals surface area contributed by atoms with Crippen molar-refractivity contribution in [1.82, 2.24) is 0 Å². The van der Waals surface area contributed by atoms with Gasteiger partial charge in [0.1, 0.15) is 23.7 Å². The summed E-state index contributed by atoms with van der Waals surface area (Å²) >= 11 is 0. The first-order valence-corrected chi connectivity index (χ1v) is 6.71. The van der Waals surface area contributed by atoms with Gasteiger partial charge in [-0.1, -0.05) is 5.11 Å². The number of halogens is 2. The van der Waals surface area contributed by atoms with Crippen LogP contribution in [0.15, 0.2) is 5.11 Å². The van der Waals surface area contributed by atoms with E-state index in [-0.39, 0.29) is 55.7 Å². The smallest absolute Gasteiger partial charge is 0.320 e. The number of carbonyl (C=O) groups is 1. The minimum atomic E-state index is -1.01. The van der Waals surface area contributed by atoms with E-state index in [1.807, 2.05) is 6.26 Å². The van der Waals surface area contributed by atoms with Crippen LogP contribution < -0.4 is 18.1 Å². The van der Waals surface area contributed by atoms with E-state index in [0.717, 1.165) is 0 Å². The molecule has 11 heteroatoms. The van der Waals surface area contributed by atoms with Crippen LogP contribution in [-0.4, -0.2) is 52.6 Å². The molecular formula is C8H20Cl2N4O3S2. The number of aliphatic carboxylic acids is 1. The van der Waals surface area contributed by atoms with Gasteiger partial charge in [-0.25, -0.2) is 0 Å². The molecule has 0 aromatic rings. The Morgan fingerprint density at radius 1 is 1.58 bits per heavy atom. The quantitative estimate of drug-likeness (QED) is 0.188. The van der Waals surface area contributed by atoms with Crippen LogP contribution in [0.2, 0.25) is 0 Å². The first kappa shape index (κ1) is 27.3. The van der Waals surface area contributed by atoms with E-state index in [0.29, 0.717) is 17.9 Å². The maximum atomic E-state index is 10.4. The molecule has 0 aliphatic rings. The van der Waals surface area contributed by atoms with E-state index in [9.17, 15) is 9.90 Å². The van der Waals surface area contributed by atoms with Crippen molar-refractivity contribution in [2.45, 2.75) is 18.6 Å². The summed E-state index contributed by atoms with van der Waals surface area (Å²) in [4.78, 5) is 13.0. The fourth-order valence-corrected chi connectivity index (χ4v) is 2.63. The molecule has 0 bridgehead atoms. The summed E-state index contributed by atoms with van der Waals surface area (Å²) < 4.78 is 0. The van der Waals surface area contributed by atoms with E-state index in [1.165, 1.54) is 0 Å².